The van der Waals surface area contributed by atoms with Crippen LogP contribution < -0.4 is 5.32 Å². The van der Waals surface area contributed by atoms with E-state index in [4.69, 9.17) is 11.6 Å². The van der Waals surface area contributed by atoms with E-state index < -0.39 is 20.0 Å². The second kappa shape index (κ2) is 9.52. The van der Waals surface area contributed by atoms with Crippen LogP contribution in [0.2, 0.25) is 5.02 Å². The third-order valence-corrected chi connectivity index (χ3v) is 9.40. The van der Waals surface area contributed by atoms with Crippen molar-refractivity contribution in [1.29, 1.82) is 0 Å². The number of hydrogen-bond donors (Lipinski definition) is 1. The van der Waals surface area contributed by atoms with Crippen molar-refractivity contribution >= 4 is 37.6 Å². The topological polar surface area (TPSA) is 104 Å². The summed E-state index contributed by atoms with van der Waals surface area (Å²) in [5, 5.41) is 2.94. The molecule has 0 atom stereocenters. The first-order valence-corrected chi connectivity index (χ1v) is 13.8. The average molecular weight is 478 g/mol. The van der Waals surface area contributed by atoms with E-state index in [2.05, 4.69) is 5.32 Å². The predicted molar refractivity (Wildman–Crippen MR) is 116 cm³/mol. The van der Waals surface area contributed by atoms with Crippen LogP contribution >= 0.6 is 11.6 Å². The number of piperidine rings is 2. The first-order chi connectivity index (χ1) is 14.1. The largest absolute Gasteiger partial charge is 0.352 e. The van der Waals surface area contributed by atoms with Crippen molar-refractivity contribution < 1.29 is 21.6 Å². The van der Waals surface area contributed by atoms with Crippen LogP contribution in [0.3, 0.4) is 0 Å². The van der Waals surface area contributed by atoms with Crippen molar-refractivity contribution in [3.8, 4) is 0 Å². The molecule has 0 aromatic heterocycles. The lowest BCUT2D eigenvalue weighted by Crippen LogP contribution is -2.41. The third kappa shape index (κ3) is 5.53. The lowest BCUT2D eigenvalue weighted by atomic mass is 9.98. The number of carbonyl (C=O) groups is 1. The van der Waals surface area contributed by atoms with Gasteiger partial charge in [0.05, 0.1) is 11.3 Å². The van der Waals surface area contributed by atoms with E-state index >= 15 is 0 Å². The summed E-state index contributed by atoms with van der Waals surface area (Å²) < 4.78 is 52.0. The quantitative estimate of drug-likeness (QED) is 0.674. The number of rotatable bonds is 6. The molecule has 1 aromatic carbocycles. The van der Waals surface area contributed by atoms with Gasteiger partial charge in [-0.05, 0) is 49.8 Å². The summed E-state index contributed by atoms with van der Waals surface area (Å²) in [7, 11) is -6.93. The zero-order valence-corrected chi connectivity index (χ0v) is 19.4. The summed E-state index contributed by atoms with van der Waals surface area (Å²) in [5.74, 6) is -0.192. The van der Waals surface area contributed by atoms with E-state index in [-0.39, 0.29) is 27.3 Å². The van der Waals surface area contributed by atoms with Gasteiger partial charge in [0.25, 0.3) is 5.91 Å². The van der Waals surface area contributed by atoms with Crippen molar-refractivity contribution in [2.24, 2.45) is 5.92 Å². The van der Waals surface area contributed by atoms with Crippen LogP contribution in [-0.2, 0) is 20.0 Å². The fourth-order valence-corrected chi connectivity index (χ4v) is 6.76. The fraction of sp³-hybridized carbons (Fsp3) is 0.632. The highest BCUT2D eigenvalue weighted by atomic mass is 35.5. The summed E-state index contributed by atoms with van der Waals surface area (Å²) in [6, 6.07) is 4.30. The van der Waals surface area contributed by atoms with Crippen LogP contribution in [0.5, 0.6) is 0 Å². The van der Waals surface area contributed by atoms with Gasteiger partial charge >= 0.3 is 0 Å². The number of halogens is 1. The highest BCUT2D eigenvalue weighted by molar-refractivity contribution is 7.89. The van der Waals surface area contributed by atoms with Crippen LogP contribution in [0.15, 0.2) is 23.1 Å². The maximum absolute atomic E-state index is 13.0. The molecule has 3 rings (SSSR count). The van der Waals surface area contributed by atoms with E-state index in [1.807, 2.05) is 0 Å². The monoisotopic (exact) mass is 477 g/mol. The molecular weight excluding hydrogens is 450 g/mol. The summed E-state index contributed by atoms with van der Waals surface area (Å²) in [4.78, 5) is 12.6. The van der Waals surface area contributed by atoms with Gasteiger partial charge in [-0.25, -0.2) is 21.1 Å². The van der Waals surface area contributed by atoms with Gasteiger partial charge in [0, 0.05) is 38.3 Å². The summed E-state index contributed by atoms with van der Waals surface area (Å²) >= 11 is 6.16. The van der Waals surface area contributed by atoms with Crippen molar-refractivity contribution in [3.05, 3.63) is 28.8 Å². The first kappa shape index (κ1) is 23.5. The Bertz CT molecular complexity index is 983. The minimum Gasteiger partial charge on any atom is -0.352 e. The van der Waals surface area contributed by atoms with Gasteiger partial charge < -0.3 is 5.32 Å². The second-order valence-electron chi connectivity index (χ2n) is 7.93. The van der Waals surface area contributed by atoms with Gasteiger partial charge in [-0.3, -0.25) is 4.79 Å². The second-order valence-corrected chi connectivity index (χ2v) is 12.2. The Morgan fingerprint density at radius 1 is 1.03 bits per heavy atom. The molecule has 8 nitrogen and oxygen atoms in total. The van der Waals surface area contributed by atoms with Gasteiger partial charge in [0.2, 0.25) is 20.0 Å². The fourth-order valence-electron chi connectivity index (χ4n) is 3.87. The molecule has 2 saturated heterocycles. The van der Waals surface area contributed by atoms with Crippen LogP contribution in [0, 0.1) is 5.92 Å². The highest BCUT2D eigenvalue weighted by Gasteiger charge is 2.29. The molecule has 2 fully saturated rings. The number of carbonyl (C=O) groups excluding carboxylic acids is 1. The lowest BCUT2D eigenvalue weighted by molar-refractivity contribution is 0.0941. The predicted octanol–water partition coefficient (Wildman–Crippen LogP) is 1.92. The highest BCUT2D eigenvalue weighted by Crippen LogP contribution is 2.28. The number of sulfonamides is 2. The summed E-state index contributed by atoms with van der Waals surface area (Å²) in [6.07, 6.45) is 5.17. The molecule has 0 spiro atoms. The molecule has 2 aliphatic rings. The Labute approximate surface area is 183 Å². The van der Waals surface area contributed by atoms with Crippen molar-refractivity contribution in [1.82, 2.24) is 13.9 Å². The van der Waals surface area contributed by atoms with Crippen molar-refractivity contribution in [2.45, 2.75) is 37.0 Å². The Hall–Kier alpha value is -1.20. The van der Waals surface area contributed by atoms with Gasteiger partial charge in [-0.2, -0.15) is 4.31 Å². The third-order valence-electron chi connectivity index (χ3n) is 5.72. The maximum atomic E-state index is 13.0. The number of amides is 1. The molecule has 0 saturated carbocycles. The molecule has 11 heteroatoms. The number of hydrogen-bond acceptors (Lipinski definition) is 5. The SMILES string of the molecule is CS(=O)(=O)N1CCC(CNC(=O)c2ccc(Cl)c(S(=O)(=O)N3CCCCC3)c2)CC1. The van der Waals surface area contributed by atoms with E-state index in [1.54, 1.807) is 0 Å². The smallest absolute Gasteiger partial charge is 0.251 e. The van der Waals surface area contributed by atoms with E-state index in [9.17, 15) is 21.6 Å². The number of benzene rings is 1. The van der Waals surface area contributed by atoms with Gasteiger partial charge in [0.1, 0.15) is 4.90 Å². The van der Waals surface area contributed by atoms with Gasteiger partial charge in [0.15, 0.2) is 0 Å². The molecule has 1 amide bonds. The van der Waals surface area contributed by atoms with Crippen molar-refractivity contribution in [2.75, 3.05) is 39.0 Å². The molecule has 168 valence electrons. The molecule has 0 bridgehead atoms. The number of nitrogens with one attached hydrogen (secondary N) is 1. The Morgan fingerprint density at radius 2 is 1.67 bits per heavy atom. The lowest BCUT2D eigenvalue weighted by Gasteiger charge is -2.30. The normalized spacial score (nSPS) is 20.2. The average Bonchev–Trinajstić information content (AvgIpc) is 2.72. The molecule has 0 radical (unpaired) electrons. The number of nitrogens with zero attached hydrogens (tertiary/aromatic N) is 2. The van der Waals surface area contributed by atoms with Crippen molar-refractivity contribution in [3.63, 3.8) is 0 Å². The molecule has 30 heavy (non-hydrogen) atoms. The molecule has 0 aliphatic carbocycles. The molecule has 1 aromatic rings. The Morgan fingerprint density at radius 3 is 2.27 bits per heavy atom. The molecule has 2 aliphatic heterocycles. The van der Waals surface area contributed by atoms with E-state index in [0.29, 0.717) is 45.6 Å². The Balaban J connectivity index is 1.64. The minimum atomic E-state index is -3.75. The Kier molecular flexibility index (Phi) is 7.44. The summed E-state index contributed by atoms with van der Waals surface area (Å²) in [5.41, 5.74) is 0.239. The maximum Gasteiger partial charge on any atom is 0.251 e. The van der Waals surface area contributed by atoms with Gasteiger partial charge in [-0.1, -0.05) is 18.0 Å². The molecule has 2 heterocycles. The van der Waals surface area contributed by atoms with Crippen LogP contribution in [0.25, 0.3) is 0 Å². The first-order valence-electron chi connectivity index (χ1n) is 10.1. The molecule has 0 unspecified atom stereocenters. The standard InChI is InChI=1S/C19H28ClN3O5S2/c1-29(25,26)22-11-7-15(8-12-22)14-21-19(24)16-5-6-17(20)18(13-16)30(27,28)23-9-3-2-4-10-23/h5-6,13,15H,2-4,7-12,14H2,1H3,(H,21,24). The van der Waals surface area contributed by atoms with Gasteiger partial charge in [-0.15, -0.1) is 0 Å². The minimum absolute atomic E-state index is 0.0415. The van der Waals surface area contributed by atoms with Crippen LogP contribution in [0.1, 0.15) is 42.5 Å². The van der Waals surface area contributed by atoms with E-state index in [1.165, 1.54) is 33.1 Å². The molecular formula is C19H28ClN3O5S2. The van der Waals surface area contributed by atoms with Crippen LogP contribution in [0.4, 0.5) is 0 Å². The summed E-state index contributed by atoms with van der Waals surface area (Å²) in [6.45, 7) is 2.22. The zero-order valence-electron chi connectivity index (χ0n) is 17.0. The van der Waals surface area contributed by atoms with Crippen LogP contribution in [-0.4, -0.2) is 70.3 Å². The zero-order chi connectivity index (χ0) is 21.9. The molecule has 1 N–H and O–H groups in total. The van der Waals surface area contributed by atoms with E-state index in [0.717, 1.165) is 19.3 Å².